The molecule has 3 rings (SSSR count). The summed E-state index contributed by atoms with van der Waals surface area (Å²) in [7, 11) is 0. The average molecular weight is 312 g/mol. The number of aliphatic imine (C=N–C) groups is 1. The van der Waals surface area contributed by atoms with Crippen LogP contribution < -0.4 is 11.1 Å². The molecule has 0 radical (unpaired) electrons. The fourth-order valence-corrected chi connectivity index (χ4v) is 2.83. The molecule has 0 unspecified atom stereocenters. The smallest absolute Gasteiger partial charge is 0.193 e. The summed E-state index contributed by atoms with van der Waals surface area (Å²) in [4.78, 5) is 4.39. The van der Waals surface area contributed by atoms with Crippen LogP contribution in [0.5, 0.6) is 0 Å². The van der Waals surface area contributed by atoms with Crippen LogP contribution in [0.2, 0.25) is 0 Å². The quantitative estimate of drug-likeness (QED) is 0.670. The summed E-state index contributed by atoms with van der Waals surface area (Å²) in [6, 6.07) is 8.08. The molecule has 0 saturated heterocycles. The lowest BCUT2D eigenvalue weighted by atomic mass is 10.2. The van der Waals surface area contributed by atoms with Gasteiger partial charge in [-0.3, -0.25) is 4.99 Å². The largest absolute Gasteiger partial charge is 0.370 e. The minimum atomic E-state index is 0.435. The van der Waals surface area contributed by atoms with Gasteiger partial charge in [0.15, 0.2) is 5.96 Å². The number of nitrogens with one attached hydrogen (secondary N) is 1. The van der Waals surface area contributed by atoms with E-state index in [1.54, 1.807) is 0 Å². The van der Waals surface area contributed by atoms with Crippen LogP contribution in [-0.4, -0.2) is 27.3 Å². The molecule has 0 saturated carbocycles. The number of hydrogen-bond acceptors (Lipinski definition) is 3. The number of aryl methyl sites for hydroxylation is 2. The maximum Gasteiger partial charge on any atom is 0.193 e. The van der Waals surface area contributed by atoms with Gasteiger partial charge in [0.05, 0.1) is 0 Å². The van der Waals surface area contributed by atoms with Gasteiger partial charge in [0.25, 0.3) is 0 Å². The Hall–Kier alpha value is -2.37. The molecule has 0 aliphatic carbocycles. The molecule has 23 heavy (non-hydrogen) atoms. The fraction of sp³-hybridized carbons (Fsp3) is 0.471. The topological polar surface area (TPSA) is 81.1 Å². The monoisotopic (exact) mass is 312 g/mol. The zero-order valence-electron chi connectivity index (χ0n) is 13.6. The first-order valence-corrected chi connectivity index (χ1v) is 8.27. The minimum Gasteiger partial charge on any atom is -0.370 e. The number of fused-ring (bicyclic) bond motifs is 1. The van der Waals surface area contributed by atoms with Gasteiger partial charge in [-0.1, -0.05) is 24.1 Å². The van der Waals surface area contributed by atoms with Crippen LogP contribution in [0.3, 0.4) is 0 Å². The van der Waals surface area contributed by atoms with Crippen molar-refractivity contribution in [1.29, 1.82) is 0 Å². The Kier molecular flexibility index (Phi) is 4.90. The van der Waals surface area contributed by atoms with Crippen LogP contribution in [0, 0.1) is 6.92 Å². The van der Waals surface area contributed by atoms with Crippen molar-refractivity contribution in [3.63, 3.8) is 0 Å². The molecule has 0 spiro atoms. The molecular formula is C17H24N6. The summed E-state index contributed by atoms with van der Waals surface area (Å²) in [5.41, 5.74) is 8.12. The average Bonchev–Trinajstić information content (AvgIpc) is 2.78. The van der Waals surface area contributed by atoms with Crippen molar-refractivity contribution in [2.24, 2.45) is 10.7 Å². The second kappa shape index (κ2) is 7.26. The summed E-state index contributed by atoms with van der Waals surface area (Å²) in [6.45, 7) is 3.70. The number of nitrogens with two attached hydrogens (primary N) is 1. The zero-order chi connectivity index (χ0) is 16.1. The molecule has 1 aliphatic rings. The highest BCUT2D eigenvalue weighted by molar-refractivity contribution is 5.92. The number of hydrogen-bond donors (Lipinski definition) is 2. The lowest BCUT2D eigenvalue weighted by molar-refractivity contribution is 0.605. The van der Waals surface area contributed by atoms with Gasteiger partial charge in [-0.25, -0.2) is 0 Å². The van der Waals surface area contributed by atoms with Gasteiger partial charge in [0.2, 0.25) is 0 Å². The van der Waals surface area contributed by atoms with Crippen LogP contribution in [-0.2, 0) is 19.4 Å². The van der Waals surface area contributed by atoms with E-state index in [0.29, 0.717) is 12.5 Å². The van der Waals surface area contributed by atoms with Crippen molar-refractivity contribution in [3.8, 4) is 0 Å². The highest BCUT2D eigenvalue weighted by Gasteiger charge is 2.13. The summed E-state index contributed by atoms with van der Waals surface area (Å²) >= 11 is 0. The number of anilines is 1. The highest BCUT2D eigenvalue weighted by atomic mass is 15.3. The van der Waals surface area contributed by atoms with E-state index in [4.69, 9.17) is 5.73 Å². The standard InChI is InChI=1S/C17H24N6/c1-13-6-8-14(9-7-13)20-17(18)19-11-10-16-22-21-15-5-3-2-4-12-23(15)16/h6-9H,2-5,10-12H2,1H3,(H3,18,19,20). The van der Waals surface area contributed by atoms with Crippen molar-refractivity contribution in [1.82, 2.24) is 14.8 Å². The Balaban J connectivity index is 1.56. The number of guanidine groups is 1. The Morgan fingerprint density at radius 3 is 2.87 bits per heavy atom. The van der Waals surface area contributed by atoms with E-state index in [-0.39, 0.29) is 0 Å². The van der Waals surface area contributed by atoms with Crippen molar-refractivity contribution in [2.45, 2.75) is 45.6 Å². The van der Waals surface area contributed by atoms with E-state index >= 15 is 0 Å². The number of benzene rings is 1. The van der Waals surface area contributed by atoms with E-state index in [1.165, 1.54) is 24.8 Å². The molecule has 2 heterocycles. The van der Waals surface area contributed by atoms with Gasteiger partial charge in [0, 0.05) is 31.6 Å². The van der Waals surface area contributed by atoms with Gasteiger partial charge < -0.3 is 15.6 Å². The van der Waals surface area contributed by atoms with Crippen LogP contribution in [0.15, 0.2) is 29.3 Å². The van der Waals surface area contributed by atoms with Gasteiger partial charge >= 0.3 is 0 Å². The third-order valence-corrected chi connectivity index (χ3v) is 4.13. The van der Waals surface area contributed by atoms with Crippen LogP contribution in [0.4, 0.5) is 5.69 Å². The van der Waals surface area contributed by atoms with Crippen LogP contribution in [0.1, 0.15) is 36.5 Å². The van der Waals surface area contributed by atoms with Crippen molar-refractivity contribution >= 4 is 11.6 Å². The van der Waals surface area contributed by atoms with Crippen LogP contribution in [0.25, 0.3) is 0 Å². The predicted octanol–water partition coefficient (Wildman–Crippen LogP) is 2.28. The SMILES string of the molecule is Cc1ccc(NC(N)=NCCc2nnc3n2CCCCC3)cc1. The number of aromatic nitrogens is 3. The fourth-order valence-electron chi connectivity index (χ4n) is 2.83. The van der Waals surface area contributed by atoms with Gasteiger partial charge in [-0.05, 0) is 31.9 Å². The Bertz CT molecular complexity index is 671. The van der Waals surface area contributed by atoms with E-state index in [1.807, 2.05) is 24.3 Å². The van der Waals surface area contributed by atoms with Crippen LogP contribution >= 0.6 is 0 Å². The first-order valence-electron chi connectivity index (χ1n) is 8.27. The van der Waals surface area contributed by atoms with Gasteiger partial charge in [-0.2, -0.15) is 0 Å². The molecule has 6 heteroatoms. The molecule has 1 aromatic heterocycles. The lowest BCUT2D eigenvalue weighted by Crippen LogP contribution is -2.23. The second-order valence-corrected chi connectivity index (χ2v) is 6.00. The first kappa shape index (κ1) is 15.5. The molecule has 0 amide bonds. The maximum atomic E-state index is 5.94. The molecular weight excluding hydrogens is 288 g/mol. The van der Waals surface area contributed by atoms with Gasteiger partial charge in [-0.15, -0.1) is 10.2 Å². The molecule has 3 N–H and O–H groups in total. The Morgan fingerprint density at radius 1 is 1.22 bits per heavy atom. The summed E-state index contributed by atoms with van der Waals surface area (Å²) in [6.07, 6.45) is 5.49. The lowest BCUT2D eigenvalue weighted by Gasteiger charge is -2.07. The Morgan fingerprint density at radius 2 is 2.04 bits per heavy atom. The third-order valence-electron chi connectivity index (χ3n) is 4.13. The summed E-state index contributed by atoms with van der Waals surface area (Å²) in [5.74, 6) is 2.57. The molecule has 0 fully saturated rings. The Labute approximate surface area is 136 Å². The maximum absolute atomic E-state index is 5.94. The first-order chi connectivity index (χ1) is 11.2. The third kappa shape index (κ3) is 4.09. The zero-order valence-corrected chi connectivity index (χ0v) is 13.6. The van der Waals surface area contributed by atoms with Crippen molar-refractivity contribution < 1.29 is 0 Å². The summed E-state index contributed by atoms with van der Waals surface area (Å²) in [5, 5.41) is 11.7. The minimum absolute atomic E-state index is 0.435. The molecule has 0 atom stereocenters. The van der Waals surface area contributed by atoms with E-state index in [2.05, 4.69) is 32.0 Å². The normalized spacial score (nSPS) is 15.1. The van der Waals surface area contributed by atoms with Crippen molar-refractivity contribution in [3.05, 3.63) is 41.5 Å². The molecule has 6 nitrogen and oxygen atoms in total. The molecule has 2 aromatic rings. The molecule has 1 aliphatic heterocycles. The van der Waals surface area contributed by atoms with E-state index in [0.717, 1.165) is 36.7 Å². The highest BCUT2D eigenvalue weighted by Crippen LogP contribution is 2.14. The van der Waals surface area contributed by atoms with E-state index in [9.17, 15) is 0 Å². The van der Waals surface area contributed by atoms with Crippen molar-refractivity contribution in [2.75, 3.05) is 11.9 Å². The molecule has 0 bridgehead atoms. The van der Waals surface area contributed by atoms with Gasteiger partial charge in [0.1, 0.15) is 11.6 Å². The summed E-state index contributed by atoms with van der Waals surface area (Å²) < 4.78 is 2.26. The number of nitrogens with zero attached hydrogens (tertiary/aromatic N) is 4. The second-order valence-electron chi connectivity index (χ2n) is 6.00. The molecule has 122 valence electrons. The number of rotatable bonds is 4. The molecule has 1 aromatic carbocycles. The predicted molar refractivity (Wildman–Crippen MR) is 92.6 cm³/mol. The van der Waals surface area contributed by atoms with E-state index < -0.39 is 0 Å².